The van der Waals surface area contributed by atoms with Gasteiger partial charge in [-0.05, 0) is 18.6 Å². The molecule has 0 aromatic heterocycles. The molecular weight excluding hydrogens is 236 g/mol. The highest BCUT2D eigenvalue weighted by molar-refractivity contribution is 6.33. The van der Waals surface area contributed by atoms with Crippen LogP contribution in [0.25, 0.3) is 0 Å². The Morgan fingerprint density at radius 3 is 2.88 bits per heavy atom. The first-order chi connectivity index (χ1) is 7.52. The van der Waals surface area contributed by atoms with Crippen LogP contribution in [-0.2, 0) is 4.79 Å². The average Bonchev–Trinajstić information content (AvgIpc) is 2.65. The lowest BCUT2D eigenvalue weighted by Gasteiger charge is -2.13. The first kappa shape index (κ1) is 11.0. The summed E-state index contributed by atoms with van der Waals surface area (Å²) in [5, 5.41) is 18.3. The Kier molecular flexibility index (Phi) is 2.65. The van der Waals surface area contributed by atoms with Crippen molar-refractivity contribution in [3.63, 3.8) is 0 Å². The minimum absolute atomic E-state index is 0.0428. The fourth-order valence-electron chi connectivity index (χ4n) is 1.60. The summed E-state index contributed by atoms with van der Waals surface area (Å²) < 4.78 is 10.2. The van der Waals surface area contributed by atoms with Crippen LogP contribution in [0.5, 0.6) is 11.5 Å². The number of halogens is 1. The molecule has 1 aliphatic rings. The summed E-state index contributed by atoms with van der Waals surface area (Å²) in [7, 11) is 0. The molecule has 0 fully saturated rings. The number of aliphatic carboxylic acids is 1. The van der Waals surface area contributed by atoms with Gasteiger partial charge < -0.3 is 19.7 Å². The monoisotopic (exact) mass is 244 g/mol. The van der Waals surface area contributed by atoms with Crippen LogP contribution < -0.4 is 9.47 Å². The van der Waals surface area contributed by atoms with Gasteiger partial charge in [-0.3, -0.25) is 0 Å². The van der Waals surface area contributed by atoms with Crippen LogP contribution in [0.3, 0.4) is 0 Å². The number of hydrogen-bond donors (Lipinski definition) is 2. The van der Waals surface area contributed by atoms with Crippen molar-refractivity contribution in [1.82, 2.24) is 0 Å². The number of carboxylic acids is 1. The molecule has 0 radical (unpaired) electrons. The third-order valence-corrected chi connectivity index (χ3v) is 2.73. The van der Waals surface area contributed by atoms with Crippen LogP contribution in [0.2, 0.25) is 5.02 Å². The number of aliphatic hydroxyl groups excluding tert-OH is 1. The van der Waals surface area contributed by atoms with E-state index < -0.39 is 12.1 Å². The van der Waals surface area contributed by atoms with Crippen LogP contribution in [0.1, 0.15) is 17.2 Å². The van der Waals surface area contributed by atoms with Gasteiger partial charge in [0.05, 0.1) is 5.02 Å². The second kappa shape index (κ2) is 3.84. The molecule has 0 saturated carbocycles. The highest BCUT2D eigenvalue weighted by Gasteiger charge is 2.28. The largest absolute Gasteiger partial charge is 0.479 e. The lowest BCUT2D eigenvalue weighted by Crippen LogP contribution is -2.12. The maximum absolute atomic E-state index is 10.7. The molecule has 1 heterocycles. The maximum Gasteiger partial charge on any atom is 0.337 e. The molecule has 5 nitrogen and oxygen atoms in total. The minimum Gasteiger partial charge on any atom is -0.479 e. The highest BCUT2D eigenvalue weighted by Crippen LogP contribution is 2.44. The van der Waals surface area contributed by atoms with Crippen LogP contribution in [-0.4, -0.2) is 23.0 Å². The second-order valence-corrected chi connectivity index (χ2v) is 3.77. The van der Waals surface area contributed by atoms with Crippen molar-refractivity contribution in [1.29, 1.82) is 0 Å². The Balaban J connectivity index is 2.58. The number of carbonyl (C=O) groups is 1. The van der Waals surface area contributed by atoms with Crippen LogP contribution in [0.4, 0.5) is 0 Å². The maximum atomic E-state index is 10.7. The first-order valence-electron chi connectivity index (χ1n) is 4.52. The van der Waals surface area contributed by atoms with E-state index in [9.17, 15) is 9.90 Å². The van der Waals surface area contributed by atoms with Crippen molar-refractivity contribution in [3.8, 4) is 11.5 Å². The van der Waals surface area contributed by atoms with Crippen molar-refractivity contribution in [2.24, 2.45) is 0 Å². The van der Waals surface area contributed by atoms with Gasteiger partial charge >= 0.3 is 5.97 Å². The SMILES string of the molecule is Cc1cc2c(c(Cl)c1C(O)C(=O)O)OCO2. The summed E-state index contributed by atoms with van der Waals surface area (Å²) in [6, 6.07) is 1.59. The zero-order valence-corrected chi connectivity index (χ0v) is 9.11. The van der Waals surface area contributed by atoms with Gasteiger partial charge in [0.25, 0.3) is 0 Å². The van der Waals surface area contributed by atoms with Crippen molar-refractivity contribution >= 4 is 17.6 Å². The molecule has 6 heteroatoms. The molecule has 0 saturated heterocycles. The van der Waals surface area contributed by atoms with E-state index in [0.717, 1.165) is 0 Å². The van der Waals surface area contributed by atoms with Gasteiger partial charge in [-0.25, -0.2) is 4.79 Å². The smallest absolute Gasteiger partial charge is 0.337 e. The highest BCUT2D eigenvalue weighted by atomic mass is 35.5. The van der Waals surface area contributed by atoms with Crippen molar-refractivity contribution in [3.05, 3.63) is 22.2 Å². The van der Waals surface area contributed by atoms with E-state index in [1.807, 2.05) is 0 Å². The Hall–Kier alpha value is -1.46. The van der Waals surface area contributed by atoms with E-state index in [-0.39, 0.29) is 23.1 Å². The van der Waals surface area contributed by atoms with Gasteiger partial charge in [0.15, 0.2) is 17.6 Å². The van der Waals surface area contributed by atoms with Crippen LogP contribution >= 0.6 is 11.6 Å². The topological polar surface area (TPSA) is 76.0 Å². The molecule has 16 heavy (non-hydrogen) atoms. The minimum atomic E-state index is -1.66. The molecular formula is C10H9ClO5. The quantitative estimate of drug-likeness (QED) is 0.824. The summed E-state index contributed by atoms with van der Waals surface area (Å²) in [5.74, 6) is -0.615. The standard InChI is InChI=1S/C10H9ClO5/c1-4-2-5-9(16-3-15-5)7(11)6(4)8(12)10(13)14/h2,8,12H,3H2,1H3,(H,13,14). The molecule has 0 aliphatic carbocycles. The van der Waals surface area contributed by atoms with E-state index >= 15 is 0 Å². The summed E-state index contributed by atoms with van der Waals surface area (Å²) in [4.78, 5) is 10.7. The molecule has 1 aromatic carbocycles. The van der Waals surface area contributed by atoms with Gasteiger partial charge in [-0.15, -0.1) is 0 Å². The fourth-order valence-corrected chi connectivity index (χ4v) is 2.00. The fraction of sp³-hybridized carbons (Fsp3) is 0.300. The van der Waals surface area contributed by atoms with Crippen molar-refractivity contribution in [2.45, 2.75) is 13.0 Å². The predicted octanol–water partition coefficient (Wildman–Crippen LogP) is 1.50. The normalized spacial score (nSPS) is 14.9. The van der Waals surface area contributed by atoms with Crippen LogP contribution in [0.15, 0.2) is 6.07 Å². The number of carboxylic acid groups (broad SMARTS) is 1. The first-order valence-corrected chi connectivity index (χ1v) is 4.89. The molecule has 0 amide bonds. The zero-order chi connectivity index (χ0) is 11.9. The third kappa shape index (κ3) is 1.58. The Morgan fingerprint density at radius 1 is 1.56 bits per heavy atom. The number of aryl methyl sites for hydroxylation is 1. The molecule has 2 rings (SSSR count). The lowest BCUT2D eigenvalue weighted by atomic mass is 10.0. The van der Waals surface area contributed by atoms with E-state index in [0.29, 0.717) is 11.3 Å². The molecule has 1 aliphatic heterocycles. The molecule has 2 N–H and O–H groups in total. The van der Waals surface area contributed by atoms with E-state index in [1.165, 1.54) is 0 Å². The van der Waals surface area contributed by atoms with Gasteiger partial charge in [-0.2, -0.15) is 0 Å². The zero-order valence-electron chi connectivity index (χ0n) is 8.36. The molecule has 1 atom stereocenters. The van der Waals surface area contributed by atoms with Crippen molar-refractivity contribution in [2.75, 3.05) is 6.79 Å². The molecule has 0 bridgehead atoms. The van der Waals surface area contributed by atoms with Gasteiger partial charge in [0.2, 0.25) is 6.79 Å². The number of rotatable bonds is 2. The Bertz CT molecular complexity index is 457. The number of benzene rings is 1. The number of aliphatic hydroxyl groups is 1. The summed E-state index contributed by atoms with van der Waals surface area (Å²) in [5.41, 5.74) is 0.683. The second-order valence-electron chi connectivity index (χ2n) is 3.40. The van der Waals surface area contributed by atoms with Gasteiger partial charge in [-0.1, -0.05) is 11.6 Å². The summed E-state index contributed by atoms with van der Waals surface area (Å²) >= 11 is 5.97. The summed E-state index contributed by atoms with van der Waals surface area (Å²) in [6.45, 7) is 1.69. The van der Waals surface area contributed by atoms with Gasteiger partial charge in [0.1, 0.15) is 0 Å². The number of fused-ring (bicyclic) bond motifs is 1. The molecule has 86 valence electrons. The molecule has 1 aromatic rings. The van der Waals surface area contributed by atoms with Crippen LogP contribution in [0, 0.1) is 6.92 Å². The predicted molar refractivity (Wildman–Crippen MR) is 54.9 cm³/mol. The number of ether oxygens (including phenoxy) is 2. The van der Waals surface area contributed by atoms with Crippen molar-refractivity contribution < 1.29 is 24.5 Å². The molecule has 1 unspecified atom stereocenters. The molecule has 0 spiro atoms. The van der Waals surface area contributed by atoms with E-state index in [4.69, 9.17) is 26.2 Å². The summed E-state index contributed by atoms with van der Waals surface area (Å²) in [6.07, 6.45) is -1.66. The lowest BCUT2D eigenvalue weighted by molar-refractivity contribution is -0.147. The Labute approximate surface area is 96.2 Å². The van der Waals surface area contributed by atoms with E-state index in [1.54, 1.807) is 13.0 Å². The Morgan fingerprint density at radius 2 is 2.25 bits per heavy atom. The van der Waals surface area contributed by atoms with Gasteiger partial charge in [0, 0.05) is 5.56 Å². The van der Waals surface area contributed by atoms with E-state index in [2.05, 4.69) is 0 Å². The number of hydrogen-bond acceptors (Lipinski definition) is 4. The average molecular weight is 245 g/mol. The third-order valence-electron chi connectivity index (χ3n) is 2.36.